The summed E-state index contributed by atoms with van der Waals surface area (Å²) < 4.78 is 24.6. The number of aliphatic imine (C=N–C) groups is 1. The summed E-state index contributed by atoms with van der Waals surface area (Å²) in [7, 11) is -3.38. The van der Waals surface area contributed by atoms with E-state index in [4.69, 9.17) is 0 Å². The summed E-state index contributed by atoms with van der Waals surface area (Å²) >= 11 is 0. The number of benzene rings is 1. The average Bonchev–Trinajstić information content (AvgIpc) is 2.82. The van der Waals surface area contributed by atoms with E-state index in [0.717, 1.165) is 12.1 Å². The molecule has 0 amide bonds. The lowest BCUT2D eigenvalue weighted by Gasteiger charge is -2.16. The summed E-state index contributed by atoms with van der Waals surface area (Å²) in [6.45, 7) is 4.98. The van der Waals surface area contributed by atoms with Gasteiger partial charge in [-0.15, -0.1) is 0 Å². The molecule has 5 nitrogen and oxygen atoms in total. The minimum atomic E-state index is -3.38. The Morgan fingerprint density at radius 2 is 2.00 bits per heavy atom. The van der Waals surface area contributed by atoms with Gasteiger partial charge in [0.05, 0.1) is 11.4 Å². The molecule has 0 aromatic heterocycles. The maximum absolute atomic E-state index is 12.3. The highest BCUT2D eigenvalue weighted by Gasteiger charge is 2.24. The second-order valence-electron chi connectivity index (χ2n) is 4.30. The molecule has 2 N–H and O–H groups in total. The molecule has 98 valence electrons. The van der Waals surface area contributed by atoms with E-state index in [1.807, 2.05) is 6.92 Å². The van der Waals surface area contributed by atoms with Crippen LogP contribution < -0.4 is 10.6 Å². The lowest BCUT2D eigenvalue weighted by molar-refractivity contribution is 0.578. The van der Waals surface area contributed by atoms with E-state index < -0.39 is 15.2 Å². The van der Waals surface area contributed by atoms with E-state index in [0.29, 0.717) is 17.4 Å². The van der Waals surface area contributed by atoms with Gasteiger partial charge in [-0.1, -0.05) is 17.7 Å². The topological polar surface area (TPSA) is 70.6 Å². The fraction of sp³-hybridized carbons (Fsp3) is 0.417. The predicted molar refractivity (Wildman–Crippen MR) is 71.3 cm³/mol. The predicted octanol–water partition coefficient (Wildman–Crippen LogP) is 0.664. The van der Waals surface area contributed by atoms with Crippen LogP contribution in [-0.2, 0) is 9.84 Å². The molecular weight excluding hydrogens is 250 g/mol. The van der Waals surface area contributed by atoms with Gasteiger partial charge in [-0.05, 0) is 26.0 Å². The Balaban J connectivity index is 2.17. The van der Waals surface area contributed by atoms with E-state index in [-0.39, 0.29) is 0 Å². The van der Waals surface area contributed by atoms with Crippen molar-refractivity contribution in [3.8, 4) is 0 Å². The molecule has 1 unspecified atom stereocenters. The molecule has 2 rings (SSSR count). The van der Waals surface area contributed by atoms with Crippen LogP contribution in [0.2, 0.25) is 0 Å². The minimum absolute atomic E-state index is 0.326. The molecule has 0 radical (unpaired) electrons. The Morgan fingerprint density at radius 1 is 1.33 bits per heavy atom. The van der Waals surface area contributed by atoms with Crippen LogP contribution in [0, 0.1) is 6.92 Å². The highest BCUT2D eigenvalue weighted by molar-refractivity contribution is 7.92. The van der Waals surface area contributed by atoms with Crippen molar-refractivity contribution >= 4 is 15.8 Å². The van der Waals surface area contributed by atoms with Crippen molar-refractivity contribution in [3.63, 3.8) is 0 Å². The number of nitrogens with one attached hydrogen (secondary N) is 2. The molecule has 1 atom stereocenters. The highest BCUT2D eigenvalue weighted by atomic mass is 32.2. The molecule has 0 saturated heterocycles. The van der Waals surface area contributed by atoms with E-state index in [1.54, 1.807) is 31.2 Å². The number of nitrogens with zero attached hydrogens (tertiary/aromatic N) is 1. The summed E-state index contributed by atoms with van der Waals surface area (Å²) in [4.78, 5) is 4.45. The number of aryl methyl sites for hydroxylation is 1. The van der Waals surface area contributed by atoms with Gasteiger partial charge in [0.1, 0.15) is 5.37 Å². The van der Waals surface area contributed by atoms with E-state index in [2.05, 4.69) is 15.6 Å². The fourth-order valence-electron chi connectivity index (χ4n) is 1.70. The fourth-order valence-corrected chi connectivity index (χ4v) is 2.89. The summed E-state index contributed by atoms with van der Waals surface area (Å²) in [5.74, 6) is 0.554. The van der Waals surface area contributed by atoms with E-state index in [9.17, 15) is 8.42 Å². The third-order valence-corrected chi connectivity index (χ3v) is 4.81. The van der Waals surface area contributed by atoms with Gasteiger partial charge in [0.2, 0.25) is 0 Å². The van der Waals surface area contributed by atoms with Crippen molar-refractivity contribution < 1.29 is 8.42 Å². The Kier molecular flexibility index (Phi) is 3.56. The molecule has 1 aliphatic rings. The third kappa shape index (κ3) is 2.64. The van der Waals surface area contributed by atoms with Gasteiger partial charge < -0.3 is 10.6 Å². The Morgan fingerprint density at radius 3 is 2.56 bits per heavy atom. The molecule has 6 heteroatoms. The lowest BCUT2D eigenvalue weighted by Crippen LogP contribution is -2.43. The van der Waals surface area contributed by atoms with Crippen molar-refractivity contribution in [1.29, 1.82) is 0 Å². The largest absolute Gasteiger partial charge is 0.355 e. The maximum Gasteiger partial charge on any atom is 0.198 e. The summed E-state index contributed by atoms with van der Waals surface area (Å²) in [5, 5.41) is 5.17. The quantitative estimate of drug-likeness (QED) is 0.844. The lowest BCUT2D eigenvalue weighted by atomic mass is 10.2. The van der Waals surface area contributed by atoms with Gasteiger partial charge in [-0.2, -0.15) is 0 Å². The van der Waals surface area contributed by atoms with Gasteiger partial charge in [-0.3, -0.25) is 4.99 Å². The number of hydrogen-bond acceptors (Lipinski definition) is 5. The van der Waals surface area contributed by atoms with Crippen LogP contribution in [-0.4, -0.2) is 32.8 Å². The van der Waals surface area contributed by atoms with Gasteiger partial charge in [0, 0.05) is 6.54 Å². The first-order chi connectivity index (χ1) is 8.50. The van der Waals surface area contributed by atoms with E-state index >= 15 is 0 Å². The van der Waals surface area contributed by atoms with Crippen LogP contribution in [0.4, 0.5) is 0 Å². The van der Waals surface area contributed by atoms with Crippen LogP contribution >= 0.6 is 0 Å². The van der Waals surface area contributed by atoms with Crippen LogP contribution in [0.15, 0.2) is 34.2 Å². The SMILES string of the molecule is Cc1ccc(S(=O)(=O)C(C)NC2=NCCN2)cc1. The van der Waals surface area contributed by atoms with Crippen molar-refractivity contribution in [2.75, 3.05) is 13.1 Å². The van der Waals surface area contributed by atoms with E-state index in [1.165, 1.54) is 0 Å². The monoisotopic (exact) mass is 267 g/mol. The second kappa shape index (κ2) is 4.97. The molecule has 0 fully saturated rings. The van der Waals surface area contributed by atoms with Crippen molar-refractivity contribution in [2.45, 2.75) is 24.1 Å². The van der Waals surface area contributed by atoms with Gasteiger partial charge in [-0.25, -0.2) is 8.42 Å². The van der Waals surface area contributed by atoms with Crippen molar-refractivity contribution in [3.05, 3.63) is 29.8 Å². The van der Waals surface area contributed by atoms with Crippen molar-refractivity contribution in [1.82, 2.24) is 10.6 Å². The smallest absolute Gasteiger partial charge is 0.198 e. The Bertz CT molecular complexity index is 549. The normalized spacial score (nSPS) is 16.9. The number of rotatable bonds is 3. The number of hydrogen-bond donors (Lipinski definition) is 2. The average molecular weight is 267 g/mol. The van der Waals surface area contributed by atoms with Crippen LogP contribution in [0.25, 0.3) is 0 Å². The number of guanidine groups is 1. The van der Waals surface area contributed by atoms with Crippen LogP contribution in [0.3, 0.4) is 0 Å². The first-order valence-corrected chi connectivity index (χ1v) is 7.40. The molecule has 1 aromatic carbocycles. The first-order valence-electron chi connectivity index (χ1n) is 5.85. The summed E-state index contributed by atoms with van der Waals surface area (Å²) in [6, 6.07) is 6.86. The molecule has 1 aromatic rings. The molecule has 1 aliphatic heterocycles. The van der Waals surface area contributed by atoms with Crippen molar-refractivity contribution in [2.24, 2.45) is 4.99 Å². The molecule has 0 bridgehead atoms. The maximum atomic E-state index is 12.3. The third-order valence-electron chi connectivity index (χ3n) is 2.83. The zero-order valence-corrected chi connectivity index (χ0v) is 11.3. The first kappa shape index (κ1) is 12.9. The zero-order chi connectivity index (χ0) is 13.2. The molecule has 1 heterocycles. The Hall–Kier alpha value is -1.56. The minimum Gasteiger partial charge on any atom is -0.355 e. The molecular formula is C12H17N3O2S. The van der Waals surface area contributed by atoms with Crippen LogP contribution in [0.1, 0.15) is 12.5 Å². The van der Waals surface area contributed by atoms with Gasteiger partial charge in [0.15, 0.2) is 15.8 Å². The Labute approximate surface area is 107 Å². The summed E-state index contributed by atoms with van der Waals surface area (Å²) in [5.41, 5.74) is 1.04. The highest BCUT2D eigenvalue weighted by Crippen LogP contribution is 2.15. The molecule has 0 aliphatic carbocycles. The zero-order valence-electron chi connectivity index (χ0n) is 10.5. The summed E-state index contributed by atoms with van der Waals surface area (Å²) in [6.07, 6.45) is 0. The molecule has 0 spiro atoms. The number of sulfone groups is 1. The molecule has 18 heavy (non-hydrogen) atoms. The second-order valence-corrected chi connectivity index (χ2v) is 6.57. The molecule has 0 saturated carbocycles. The van der Waals surface area contributed by atoms with Gasteiger partial charge in [0.25, 0.3) is 0 Å². The standard InChI is InChI=1S/C12H17N3O2S/c1-9-3-5-11(6-4-9)18(16,17)10(2)15-12-13-7-8-14-12/h3-6,10H,7-8H2,1-2H3,(H2,13,14,15). The van der Waals surface area contributed by atoms with Crippen LogP contribution in [0.5, 0.6) is 0 Å². The van der Waals surface area contributed by atoms with Gasteiger partial charge >= 0.3 is 0 Å².